The molecule has 0 N–H and O–H groups in total. The Morgan fingerprint density at radius 3 is 2.43 bits per heavy atom. The third-order valence-electron chi connectivity index (χ3n) is 6.52. The molecule has 0 aliphatic carbocycles. The predicted molar refractivity (Wildman–Crippen MR) is 198 cm³/mol. The number of nitrogens with zero attached hydrogens (tertiary/aromatic N) is 3. The number of ether oxygens (including phenoxy) is 1. The molecule has 6 nitrogen and oxygen atoms in total. The molecular formula is C41H40F5N3O3S. The smallest absolute Gasteiger partial charge is 0.383 e. The van der Waals surface area contributed by atoms with Crippen LogP contribution in [0, 0.1) is 18.6 Å². The van der Waals surface area contributed by atoms with Crippen molar-refractivity contribution in [1.82, 2.24) is 14.4 Å². The van der Waals surface area contributed by atoms with Crippen molar-refractivity contribution < 1.29 is 75.3 Å². The first kappa shape index (κ1) is 15.0. The van der Waals surface area contributed by atoms with E-state index in [4.69, 9.17) is 36.3 Å². The monoisotopic (exact) mass is 781 g/mol. The highest BCUT2D eigenvalue weighted by atomic mass is 32.2. The molecule has 12 heteroatoms. The minimum absolute atomic E-state index is 0.515. The number of thioether (sulfide) groups is 1. The largest absolute Gasteiger partial charge is 0.416 e. The summed E-state index contributed by atoms with van der Waals surface area (Å²) >= 11 is -0.921. The lowest BCUT2D eigenvalue weighted by atomic mass is 9.97. The van der Waals surface area contributed by atoms with Crippen molar-refractivity contribution in [3.8, 4) is 11.1 Å². The number of pyridine rings is 1. The second-order valence-corrected chi connectivity index (χ2v) is 10.8. The van der Waals surface area contributed by atoms with Gasteiger partial charge in [0.15, 0.2) is 17.1 Å². The fraction of sp³-hybridized carbons (Fsp3) is 0.317. The minimum atomic E-state index is -5.60. The van der Waals surface area contributed by atoms with E-state index in [1.807, 2.05) is 0 Å². The Morgan fingerprint density at radius 2 is 1.72 bits per heavy atom. The number of rotatable bonds is 12. The maximum absolute atomic E-state index is 16.2. The first-order valence-corrected chi connectivity index (χ1v) is 15.1. The molecule has 2 heterocycles. The Balaban J connectivity index is 1.89. The second kappa shape index (κ2) is 16.7. The van der Waals surface area contributed by atoms with Crippen molar-refractivity contribution in [3.05, 3.63) is 135 Å². The molecule has 0 spiro atoms. The lowest BCUT2D eigenvalue weighted by Gasteiger charge is -2.39. The molecular weight excluding hydrogens is 710 g/mol. The molecule has 5 aromatic rings. The summed E-state index contributed by atoms with van der Waals surface area (Å²) in [7, 11) is 0.738. The molecule has 4 aromatic carbocycles. The fourth-order valence-electron chi connectivity index (χ4n) is 4.05. The van der Waals surface area contributed by atoms with Crippen LogP contribution in [-0.2, 0) is 34.4 Å². The lowest BCUT2D eigenvalue weighted by molar-refractivity contribution is -0.137. The molecule has 0 unspecified atom stereocenters. The van der Waals surface area contributed by atoms with E-state index in [9.17, 15) is 30.3 Å². The Morgan fingerprint density at radius 1 is 1.00 bits per heavy atom. The van der Waals surface area contributed by atoms with Crippen molar-refractivity contribution in [2.24, 2.45) is 0 Å². The van der Waals surface area contributed by atoms with Crippen LogP contribution in [0.3, 0.4) is 0 Å². The average Bonchev–Trinajstić information content (AvgIpc) is 1.12. The highest BCUT2D eigenvalue weighted by Gasteiger charge is 2.31. The summed E-state index contributed by atoms with van der Waals surface area (Å²) in [5.74, 6) is -7.97. The third-order valence-corrected chi connectivity index (χ3v) is 7.30. The number of alkyl halides is 3. The Kier molecular flexibility index (Phi) is 4.70. The van der Waals surface area contributed by atoms with Crippen molar-refractivity contribution in [2.45, 2.75) is 55.6 Å². The second-order valence-electron chi connectivity index (χ2n) is 10.0. The van der Waals surface area contributed by atoms with E-state index in [1.165, 1.54) is 0 Å². The molecule has 0 radical (unpaired) electrons. The maximum Gasteiger partial charge on any atom is 0.416 e. The summed E-state index contributed by atoms with van der Waals surface area (Å²) in [4.78, 5) is 28.2. The summed E-state index contributed by atoms with van der Waals surface area (Å²) in [5, 5.41) is -3.44. The normalized spacial score (nSPS) is 28.4. The van der Waals surface area contributed by atoms with Gasteiger partial charge in [0.2, 0.25) is 5.91 Å². The van der Waals surface area contributed by atoms with E-state index in [0.29, 0.717) is 6.92 Å². The summed E-state index contributed by atoms with van der Waals surface area (Å²) in [6.07, 6.45) is -15.7. The highest BCUT2D eigenvalue weighted by molar-refractivity contribution is 7.98. The molecule has 1 fully saturated rings. The van der Waals surface area contributed by atoms with Gasteiger partial charge in [-0.25, -0.2) is 8.78 Å². The third kappa shape index (κ3) is 9.00. The molecule has 0 saturated carbocycles. The molecule has 1 aromatic heterocycles. The molecule has 0 bridgehead atoms. The number of methoxy groups -OCH3 is 1. The average molecular weight is 782 g/mol. The lowest BCUT2D eigenvalue weighted by Crippen LogP contribution is -2.48. The number of halogens is 5. The summed E-state index contributed by atoms with van der Waals surface area (Å²) in [5.41, 5.74) is -17.7. The zero-order valence-electron chi connectivity index (χ0n) is 58.6. The van der Waals surface area contributed by atoms with Gasteiger partial charge < -0.3 is 19.1 Å². The van der Waals surface area contributed by atoms with Gasteiger partial charge in [-0.15, -0.1) is 11.8 Å². The first-order chi connectivity index (χ1) is 38.1. The van der Waals surface area contributed by atoms with Crippen LogP contribution in [0.2, 0.25) is 0 Å². The van der Waals surface area contributed by atoms with Gasteiger partial charge in [-0.2, -0.15) is 13.2 Å². The molecule has 1 amide bonds. The van der Waals surface area contributed by atoms with Gasteiger partial charge in [-0.1, -0.05) is 54.4 Å². The molecule has 1 aliphatic heterocycles. The topological polar surface area (TPSA) is 54.8 Å². The van der Waals surface area contributed by atoms with Gasteiger partial charge in [0.1, 0.15) is 6.50 Å². The zero-order chi connectivity index (χ0) is 66.0. The number of fused-ring (bicyclic) bond motifs is 1. The minimum Gasteiger partial charge on any atom is -0.383 e. The Bertz CT molecular complexity index is 3650. The molecule has 278 valence electrons. The van der Waals surface area contributed by atoms with Crippen molar-refractivity contribution in [1.29, 1.82) is 0 Å². The number of aromatic nitrogens is 1. The van der Waals surface area contributed by atoms with Crippen LogP contribution in [-0.4, -0.2) is 59.5 Å². The van der Waals surface area contributed by atoms with Gasteiger partial charge >= 0.3 is 6.18 Å². The number of benzene rings is 4. The maximum atomic E-state index is 16.2. The molecule has 6 rings (SSSR count). The van der Waals surface area contributed by atoms with Crippen molar-refractivity contribution in [2.75, 3.05) is 33.2 Å². The SMILES string of the molecule is [2H]c1c([2H])c(F)c(F)c(C([2H])([2H])Sc2c([2H])c(=O)c3c([2H])c([2H])c([2H])c([2H])c3n2C([2H])([2H])C(=O)N(C([2H])([2H])c2c([2H])c([2H])c(-c3c([2H])c([2H])c(C(F)(F)F)c([2H])c3[2H])c([2H])c2C)C2([2H])C([2H])([2H])C([2H])([2H])N(C([2H])([2H])COC)C([2H])([2H])C2([2H])[2H])c1[2H]. The van der Waals surface area contributed by atoms with E-state index in [-0.39, 0.29) is 0 Å². The number of amides is 1. The van der Waals surface area contributed by atoms with Gasteiger partial charge in [-0.3, -0.25) is 9.59 Å². The first-order valence-electron chi connectivity index (χ1n) is 30.3. The standard InChI is InChI=1S/C41H40F5N3O3S/c1-27-22-29(28-12-14-32(15-13-28)41(44,45)46)10-11-30(27)24-48(33-16-18-47(19-17-33)20-21-52-2)38(51)25-49-36-9-4-3-7-34(36)37(50)23-39(49)53-26-31-6-5-8-35(42)40(31)43/h3-15,22-23,33H,16-21,24-26H2,1-2H3/i3D,4D,5D,6D,7D,8D,9D,10D,11D,12D,13D,14D,15D,16D2,17D2,18D2,19D2,20D2,22D,23D,24D2,25D2,26D2,33D. The van der Waals surface area contributed by atoms with Crippen LogP contribution in [0.1, 0.15) is 78.9 Å². The number of hydrogen-bond donors (Lipinski definition) is 0. The Labute approximate surface area is 354 Å². The number of carbonyl (C=O) groups is 1. The molecule has 1 saturated heterocycles. The molecule has 53 heavy (non-hydrogen) atoms. The van der Waals surface area contributed by atoms with Crippen LogP contribution in [0.15, 0.2) is 100 Å². The zero-order valence-corrected chi connectivity index (χ0v) is 27.4. The summed E-state index contributed by atoms with van der Waals surface area (Å²) in [6, 6.07) is -30.3. The number of carbonyl (C=O) groups excluding carboxylic acids is 1. The van der Waals surface area contributed by atoms with Crippen LogP contribution in [0.25, 0.3) is 22.0 Å². The fourth-order valence-corrected chi connectivity index (χ4v) is 4.76. The number of likely N-dealkylation sites (tertiary alicyclic amines) is 1. The summed E-state index contributed by atoms with van der Waals surface area (Å²) < 4.78 is 361. The van der Waals surface area contributed by atoms with Crippen LogP contribution < -0.4 is 5.43 Å². The van der Waals surface area contributed by atoms with E-state index >= 15 is 13.6 Å². The van der Waals surface area contributed by atoms with Crippen LogP contribution >= 0.6 is 11.8 Å². The van der Waals surface area contributed by atoms with Crippen molar-refractivity contribution >= 4 is 28.6 Å². The van der Waals surface area contributed by atoms with E-state index in [2.05, 4.69) is 0 Å². The van der Waals surface area contributed by atoms with E-state index in [0.717, 1.165) is 7.11 Å². The predicted octanol–water partition coefficient (Wildman–Crippen LogP) is 8.71. The van der Waals surface area contributed by atoms with Crippen molar-refractivity contribution in [3.63, 3.8) is 0 Å². The number of para-hydroxylation sites is 1. The van der Waals surface area contributed by atoms with Gasteiger partial charge in [-0.05, 0) is 72.1 Å². The number of piperidine rings is 1. The number of hydrogen-bond acceptors (Lipinski definition) is 5. The Hall–Kier alpha value is -4.52. The van der Waals surface area contributed by atoms with Gasteiger partial charge in [0, 0.05) is 78.3 Å². The van der Waals surface area contributed by atoms with Gasteiger partial charge in [0.05, 0.1) is 50.1 Å². The molecule has 0 atom stereocenters. The molecule has 1 aliphatic rings. The van der Waals surface area contributed by atoms with Crippen LogP contribution in [0.5, 0.6) is 0 Å². The van der Waals surface area contributed by atoms with Gasteiger partial charge in [0.25, 0.3) is 0 Å². The van der Waals surface area contributed by atoms with Crippen LogP contribution in [0.4, 0.5) is 22.0 Å². The highest BCUT2D eigenvalue weighted by Crippen LogP contribution is 2.32. The van der Waals surface area contributed by atoms with E-state index in [1.54, 1.807) is 0 Å². The van der Waals surface area contributed by atoms with E-state index < -0.39 is 259 Å². The quantitative estimate of drug-likeness (QED) is 0.0937. The summed E-state index contributed by atoms with van der Waals surface area (Å²) in [6.45, 7) is -24.2.